The summed E-state index contributed by atoms with van der Waals surface area (Å²) in [5.41, 5.74) is 6.06. The minimum atomic E-state index is -0.513. The van der Waals surface area contributed by atoms with Crippen LogP contribution in [-0.4, -0.2) is 33.2 Å². The molecule has 0 bridgehead atoms. The quantitative estimate of drug-likeness (QED) is 0.164. The fourth-order valence-corrected chi connectivity index (χ4v) is 3.70. The number of rotatable bonds is 7. The molecule has 0 aliphatic heterocycles. The Hall–Kier alpha value is -3.95. The number of aromatic amines is 1. The molecule has 4 rings (SSSR count). The molecule has 1 atom stereocenters. The van der Waals surface area contributed by atoms with E-state index in [4.69, 9.17) is 11.6 Å². The highest BCUT2D eigenvalue weighted by atomic mass is 35.5. The highest BCUT2D eigenvalue weighted by Gasteiger charge is 2.17. The van der Waals surface area contributed by atoms with E-state index in [9.17, 15) is 9.59 Å². The molecule has 0 spiro atoms. The number of halogens is 1. The van der Waals surface area contributed by atoms with Crippen molar-refractivity contribution in [3.63, 3.8) is 0 Å². The standard InChI is InChI=1S/C25H21ClN6O2S/c1-15-5-7-16(8-6-15)13-28-32-25(34)20-12-19(26)9-10-21(20)30-24(33)18-4-2-3-17(11-18)22(35)23-27-14-29-31-23/h2-14,22,35H,1H3,(H,30,33)(H,32,34)(H,27,29,31)/b28-13+. The van der Waals surface area contributed by atoms with E-state index in [1.165, 1.54) is 18.6 Å². The van der Waals surface area contributed by atoms with Crippen LogP contribution in [0.4, 0.5) is 5.69 Å². The highest BCUT2D eigenvalue weighted by molar-refractivity contribution is 7.80. The fraction of sp³-hybridized carbons (Fsp3) is 0.0800. The van der Waals surface area contributed by atoms with Gasteiger partial charge in [-0.1, -0.05) is 53.6 Å². The second-order valence-corrected chi connectivity index (χ2v) is 8.61. The third-order valence-corrected chi connectivity index (χ3v) is 5.87. The van der Waals surface area contributed by atoms with E-state index in [0.29, 0.717) is 22.1 Å². The number of hydrazone groups is 1. The minimum Gasteiger partial charge on any atom is -0.321 e. The Balaban J connectivity index is 1.50. The summed E-state index contributed by atoms with van der Waals surface area (Å²) in [6.07, 6.45) is 2.93. The number of nitrogens with zero attached hydrogens (tertiary/aromatic N) is 3. The Morgan fingerprint density at radius 2 is 1.89 bits per heavy atom. The second-order valence-electron chi connectivity index (χ2n) is 7.65. The number of aryl methyl sites for hydroxylation is 1. The molecule has 0 aliphatic carbocycles. The zero-order valence-corrected chi connectivity index (χ0v) is 20.2. The Labute approximate surface area is 212 Å². The van der Waals surface area contributed by atoms with Gasteiger partial charge < -0.3 is 5.32 Å². The van der Waals surface area contributed by atoms with Crippen molar-refractivity contribution in [1.29, 1.82) is 0 Å². The number of nitrogens with one attached hydrogen (secondary N) is 3. The maximum atomic E-state index is 13.0. The number of benzene rings is 3. The van der Waals surface area contributed by atoms with Gasteiger partial charge in [-0.25, -0.2) is 10.4 Å². The van der Waals surface area contributed by atoms with Crippen LogP contribution in [0.1, 0.15) is 48.5 Å². The fourth-order valence-electron chi connectivity index (χ4n) is 3.24. The van der Waals surface area contributed by atoms with Crippen molar-refractivity contribution < 1.29 is 9.59 Å². The smallest absolute Gasteiger partial charge is 0.273 e. The molecular weight excluding hydrogens is 484 g/mol. The van der Waals surface area contributed by atoms with Crippen LogP contribution in [0.2, 0.25) is 5.02 Å². The van der Waals surface area contributed by atoms with E-state index < -0.39 is 11.8 Å². The lowest BCUT2D eigenvalue weighted by molar-refractivity contribution is 0.0956. The molecule has 1 aromatic heterocycles. The molecule has 8 nitrogen and oxygen atoms in total. The third kappa shape index (κ3) is 6.14. The zero-order valence-electron chi connectivity index (χ0n) is 18.6. The molecule has 0 saturated heterocycles. The number of carbonyl (C=O) groups excluding carboxylic acids is 2. The normalized spacial score (nSPS) is 11.9. The van der Waals surface area contributed by atoms with Gasteiger partial charge in [0.2, 0.25) is 0 Å². The van der Waals surface area contributed by atoms with E-state index in [-0.39, 0.29) is 10.8 Å². The lowest BCUT2D eigenvalue weighted by Crippen LogP contribution is -2.21. The molecule has 0 radical (unpaired) electrons. The molecule has 0 aliphatic rings. The molecule has 4 aromatic rings. The first-order valence-corrected chi connectivity index (χ1v) is 11.4. The zero-order chi connectivity index (χ0) is 24.8. The summed E-state index contributed by atoms with van der Waals surface area (Å²) < 4.78 is 0. The summed E-state index contributed by atoms with van der Waals surface area (Å²) in [6.45, 7) is 1.99. The van der Waals surface area contributed by atoms with Crippen LogP contribution in [0.25, 0.3) is 0 Å². The van der Waals surface area contributed by atoms with Crippen LogP contribution in [0.5, 0.6) is 0 Å². The largest absolute Gasteiger partial charge is 0.321 e. The predicted octanol–water partition coefficient (Wildman–Crippen LogP) is 4.80. The van der Waals surface area contributed by atoms with E-state index >= 15 is 0 Å². The second kappa shape index (κ2) is 11.0. The van der Waals surface area contributed by atoms with Gasteiger partial charge in [0.1, 0.15) is 12.2 Å². The van der Waals surface area contributed by atoms with Gasteiger partial charge in [0.25, 0.3) is 11.8 Å². The van der Waals surface area contributed by atoms with Gasteiger partial charge in [-0.2, -0.15) is 22.8 Å². The van der Waals surface area contributed by atoms with Crippen LogP contribution in [0.15, 0.2) is 78.2 Å². The van der Waals surface area contributed by atoms with Crippen LogP contribution >= 0.6 is 24.2 Å². The Kier molecular flexibility index (Phi) is 7.59. The number of amides is 2. The molecule has 1 unspecified atom stereocenters. The van der Waals surface area contributed by atoms with Gasteiger partial charge in [0, 0.05) is 10.6 Å². The van der Waals surface area contributed by atoms with E-state index in [2.05, 4.69) is 43.7 Å². The number of thiol groups is 1. The van der Waals surface area contributed by atoms with Crippen molar-refractivity contribution in [3.8, 4) is 0 Å². The first-order chi connectivity index (χ1) is 16.9. The molecule has 176 valence electrons. The Bertz CT molecular complexity index is 1370. The number of H-pyrrole nitrogens is 1. The molecule has 0 fully saturated rings. The van der Waals surface area contributed by atoms with E-state index in [1.54, 1.807) is 30.3 Å². The molecule has 3 N–H and O–H groups in total. The number of aromatic nitrogens is 3. The minimum absolute atomic E-state index is 0.178. The van der Waals surface area contributed by atoms with Gasteiger partial charge in [0.15, 0.2) is 0 Å². The van der Waals surface area contributed by atoms with Crippen LogP contribution in [0.3, 0.4) is 0 Å². The average Bonchev–Trinajstić information content (AvgIpc) is 3.41. The van der Waals surface area contributed by atoms with Gasteiger partial charge in [0.05, 0.1) is 22.7 Å². The highest BCUT2D eigenvalue weighted by Crippen LogP contribution is 2.26. The van der Waals surface area contributed by atoms with Crippen molar-refractivity contribution in [1.82, 2.24) is 20.6 Å². The van der Waals surface area contributed by atoms with Crippen molar-refractivity contribution in [2.24, 2.45) is 5.10 Å². The molecule has 2 amide bonds. The van der Waals surface area contributed by atoms with Crippen molar-refractivity contribution >= 4 is 47.9 Å². The summed E-state index contributed by atoms with van der Waals surface area (Å²) in [6, 6.07) is 19.3. The van der Waals surface area contributed by atoms with Crippen molar-refractivity contribution in [2.45, 2.75) is 12.2 Å². The summed E-state index contributed by atoms with van der Waals surface area (Å²) in [5.74, 6) is -0.348. The van der Waals surface area contributed by atoms with Crippen molar-refractivity contribution in [3.05, 3.63) is 112 Å². The Morgan fingerprint density at radius 3 is 2.63 bits per heavy atom. The summed E-state index contributed by atoms with van der Waals surface area (Å²) in [7, 11) is 0. The number of carbonyl (C=O) groups is 2. The molecule has 0 saturated carbocycles. The predicted molar refractivity (Wildman–Crippen MR) is 139 cm³/mol. The molecule has 35 heavy (non-hydrogen) atoms. The molecule has 3 aromatic carbocycles. The maximum absolute atomic E-state index is 13.0. The van der Waals surface area contributed by atoms with Gasteiger partial charge in [-0.05, 0) is 48.4 Å². The summed E-state index contributed by atoms with van der Waals surface area (Å²) in [5, 5.41) is 13.4. The average molecular weight is 505 g/mol. The molecular formula is C25H21ClN6O2S. The first-order valence-electron chi connectivity index (χ1n) is 10.5. The van der Waals surface area contributed by atoms with Crippen molar-refractivity contribution in [2.75, 3.05) is 5.32 Å². The topological polar surface area (TPSA) is 112 Å². The third-order valence-electron chi connectivity index (χ3n) is 5.09. The number of anilines is 1. The summed E-state index contributed by atoms with van der Waals surface area (Å²) in [4.78, 5) is 29.9. The monoisotopic (exact) mass is 504 g/mol. The van der Waals surface area contributed by atoms with E-state index in [0.717, 1.165) is 16.7 Å². The number of hydrogen-bond donors (Lipinski definition) is 4. The lowest BCUT2D eigenvalue weighted by atomic mass is 10.1. The lowest BCUT2D eigenvalue weighted by Gasteiger charge is -2.12. The van der Waals surface area contributed by atoms with Gasteiger partial charge in [-0.15, -0.1) is 0 Å². The summed E-state index contributed by atoms with van der Waals surface area (Å²) >= 11 is 10.7. The van der Waals surface area contributed by atoms with E-state index in [1.807, 2.05) is 37.3 Å². The van der Waals surface area contributed by atoms with Gasteiger partial charge >= 0.3 is 0 Å². The number of hydrogen-bond acceptors (Lipinski definition) is 6. The van der Waals surface area contributed by atoms with Crippen LogP contribution in [-0.2, 0) is 0 Å². The maximum Gasteiger partial charge on any atom is 0.273 e. The van der Waals surface area contributed by atoms with Crippen LogP contribution < -0.4 is 10.7 Å². The van der Waals surface area contributed by atoms with Crippen LogP contribution in [0, 0.1) is 6.92 Å². The molecule has 1 heterocycles. The SMILES string of the molecule is Cc1ccc(/C=N/NC(=O)c2cc(Cl)ccc2NC(=O)c2cccc(C(S)c3ncn[nH]3)c2)cc1. The Morgan fingerprint density at radius 1 is 1.09 bits per heavy atom. The molecule has 10 heteroatoms. The first kappa shape index (κ1) is 24.2. The van der Waals surface area contributed by atoms with Gasteiger partial charge in [-0.3, -0.25) is 14.7 Å².